The molecule has 0 radical (unpaired) electrons. The summed E-state index contributed by atoms with van der Waals surface area (Å²) in [6.45, 7) is 1.13. The Morgan fingerprint density at radius 2 is 2.20 bits per heavy atom. The summed E-state index contributed by atoms with van der Waals surface area (Å²) in [6.07, 6.45) is 1.57. The zero-order valence-corrected chi connectivity index (χ0v) is 12.4. The van der Waals surface area contributed by atoms with Crippen molar-refractivity contribution >= 4 is 20.7 Å². The summed E-state index contributed by atoms with van der Waals surface area (Å²) in [5.41, 5.74) is 2.07. The van der Waals surface area contributed by atoms with Crippen molar-refractivity contribution in [2.24, 2.45) is 7.05 Å². The number of nitrogens with one attached hydrogen (secondary N) is 1. The highest BCUT2D eigenvalue weighted by Gasteiger charge is 2.30. The van der Waals surface area contributed by atoms with Gasteiger partial charge in [-0.1, -0.05) is 18.2 Å². The van der Waals surface area contributed by atoms with E-state index in [9.17, 15) is 8.42 Å². The molecule has 0 saturated carbocycles. The molecule has 0 amide bonds. The zero-order valence-electron chi connectivity index (χ0n) is 11.5. The Morgan fingerprint density at radius 3 is 2.95 bits per heavy atom. The van der Waals surface area contributed by atoms with Crippen molar-refractivity contribution in [2.45, 2.75) is 24.6 Å². The maximum absolute atomic E-state index is 11.8. The Kier molecular flexibility index (Phi) is 3.52. The molecule has 1 aliphatic heterocycles. The van der Waals surface area contributed by atoms with Crippen molar-refractivity contribution in [3.05, 3.63) is 30.0 Å². The molecule has 108 valence electrons. The quantitative estimate of drug-likeness (QED) is 0.921. The third kappa shape index (κ3) is 2.45. The molecule has 1 saturated heterocycles. The maximum atomic E-state index is 11.8. The number of benzene rings is 1. The lowest BCUT2D eigenvalue weighted by Gasteiger charge is -2.09. The Morgan fingerprint density at radius 1 is 1.40 bits per heavy atom. The van der Waals surface area contributed by atoms with Crippen molar-refractivity contribution in [3.8, 4) is 0 Å². The molecular formula is C14H19N3O2S. The molecule has 2 heterocycles. The molecule has 0 aliphatic carbocycles. The molecule has 1 aromatic heterocycles. The highest BCUT2D eigenvalue weighted by molar-refractivity contribution is 7.92. The number of aryl methyl sites for hydroxylation is 1. The third-order valence-corrected chi connectivity index (χ3v) is 6.24. The second-order valence-corrected chi connectivity index (χ2v) is 7.75. The van der Waals surface area contributed by atoms with E-state index in [1.807, 2.05) is 36.0 Å². The van der Waals surface area contributed by atoms with E-state index in [0.29, 0.717) is 18.8 Å². The van der Waals surface area contributed by atoms with Crippen molar-refractivity contribution in [1.82, 2.24) is 15.1 Å². The average Bonchev–Trinajstić information content (AvgIpc) is 2.92. The van der Waals surface area contributed by atoms with Gasteiger partial charge in [0.15, 0.2) is 9.84 Å². The van der Waals surface area contributed by atoms with E-state index in [-0.39, 0.29) is 5.25 Å². The van der Waals surface area contributed by atoms with Gasteiger partial charge in [-0.25, -0.2) is 8.42 Å². The number of fused-ring (bicyclic) bond motifs is 1. The molecule has 5 nitrogen and oxygen atoms in total. The summed E-state index contributed by atoms with van der Waals surface area (Å²) >= 11 is 0. The summed E-state index contributed by atoms with van der Waals surface area (Å²) in [6, 6.07) is 8.07. The summed E-state index contributed by atoms with van der Waals surface area (Å²) in [4.78, 5) is 0. The average molecular weight is 293 g/mol. The van der Waals surface area contributed by atoms with E-state index in [2.05, 4.69) is 10.4 Å². The SMILES string of the molecule is Cn1nc(CNCC2CCCS2(=O)=O)c2ccccc21. The van der Waals surface area contributed by atoms with Gasteiger partial charge in [0.1, 0.15) is 0 Å². The number of rotatable bonds is 4. The molecule has 1 atom stereocenters. The number of sulfone groups is 1. The molecule has 1 unspecified atom stereocenters. The van der Waals surface area contributed by atoms with Gasteiger partial charge >= 0.3 is 0 Å². The fourth-order valence-electron chi connectivity index (χ4n) is 2.86. The van der Waals surface area contributed by atoms with Crippen LogP contribution in [0.25, 0.3) is 10.9 Å². The number of hydrogen-bond donors (Lipinski definition) is 1. The number of hydrogen-bond acceptors (Lipinski definition) is 4. The Balaban J connectivity index is 1.69. The predicted octanol–water partition coefficient (Wildman–Crippen LogP) is 1.24. The number of aromatic nitrogens is 2. The van der Waals surface area contributed by atoms with Crippen LogP contribution in [0.5, 0.6) is 0 Å². The molecule has 1 aliphatic rings. The lowest BCUT2D eigenvalue weighted by atomic mass is 10.2. The molecule has 1 N–H and O–H groups in total. The van der Waals surface area contributed by atoms with Crippen molar-refractivity contribution in [3.63, 3.8) is 0 Å². The lowest BCUT2D eigenvalue weighted by molar-refractivity contribution is 0.571. The van der Waals surface area contributed by atoms with Crippen molar-refractivity contribution in [2.75, 3.05) is 12.3 Å². The second-order valence-electron chi connectivity index (χ2n) is 5.35. The Labute approximate surface area is 118 Å². The molecule has 0 spiro atoms. The first-order valence-electron chi connectivity index (χ1n) is 6.91. The van der Waals surface area contributed by atoms with E-state index in [4.69, 9.17) is 0 Å². The van der Waals surface area contributed by atoms with Gasteiger partial charge in [-0.15, -0.1) is 0 Å². The largest absolute Gasteiger partial charge is 0.310 e. The predicted molar refractivity (Wildman–Crippen MR) is 79.2 cm³/mol. The molecule has 6 heteroatoms. The highest BCUT2D eigenvalue weighted by atomic mass is 32.2. The molecule has 20 heavy (non-hydrogen) atoms. The summed E-state index contributed by atoms with van der Waals surface area (Å²) < 4.78 is 25.4. The van der Waals surface area contributed by atoms with Crippen molar-refractivity contribution < 1.29 is 8.42 Å². The van der Waals surface area contributed by atoms with Crippen LogP contribution >= 0.6 is 0 Å². The van der Waals surface area contributed by atoms with Crippen LogP contribution in [0.4, 0.5) is 0 Å². The summed E-state index contributed by atoms with van der Waals surface area (Å²) in [7, 11) is -0.943. The van der Waals surface area contributed by atoms with E-state index in [0.717, 1.165) is 29.4 Å². The molecule has 1 fully saturated rings. The van der Waals surface area contributed by atoms with Crippen LogP contribution < -0.4 is 5.32 Å². The van der Waals surface area contributed by atoms with Crippen LogP contribution in [0.3, 0.4) is 0 Å². The van der Waals surface area contributed by atoms with Gasteiger partial charge in [0.25, 0.3) is 0 Å². The van der Waals surface area contributed by atoms with Gasteiger partial charge in [0.05, 0.1) is 22.2 Å². The molecule has 2 aromatic rings. The molecule has 1 aromatic carbocycles. The van der Waals surface area contributed by atoms with Gasteiger partial charge in [0.2, 0.25) is 0 Å². The van der Waals surface area contributed by atoms with E-state index in [1.165, 1.54) is 0 Å². The van der Waals surface area contributed by atoms with Gasteiger partial charge < -0.3 is 5.32 Å². The van der Waals surface area contributed by atoms with Crippen LogP contribution in [-0.2, 0) is 23.4 Å². The minimum atomic E-state index is -2.87. The minimum absolute atomic E-state index is 0.225. The van der Waals surface area contributed by atoms with Crippen LogP contribution in [0, 0.1) is 0 Å². The van der Waals surface area contributed by atoms with Crippen LogP contribution in [0.15, 0.2) is 24.3 Å². The first-order valence-corrected chi connectivity index (χ1v) is 8.62. The van der Waals surface area contributed by atoms with E-state index in [1.54, 1.807) is 0 Å². The number of para-hydroxylation sites is 1. The topological polar surface area (TPSA) is 64.0 Å². The van der Waals surface area contributed by atoms with Crippen LogP contribution in [0.1, 0.15) is 18.5 Å². The van der Waals surface area contributed by atoms with Gasteiger partial charge in [0, 0.05) is 25.5 Å². The van der Waals surface area contributed by atoms with Crippen LogP contribution in [-0.4, -0.2) is 35.7 Å². The molecular weight excluding hydrogens is 274 g/mol. The first-order chi connectivity index (χ1) is 9.58. The normalized spacial score (nSPS) is 21.6. The maximum Gasteiger partial charge on any atom is 0.154 e. The van der Waals surface area contributed by atoms with Crippen molar-refractivity contribution in [1.29, 1.82) is 0 Å². The summed E-state index contributed by atoms with van der Waals surface area (Å²) in [5.74, 6) is 0.339. The summed E-state index contributed by atoms with van der Waals surface area (Å²) in [5, 5.41) is 8.64. The second kappa shape index (κ2) is 5.18. The van der Waals surface area contributed by atoms with E-state index >= 15 is 0 Å². The van der Waals surface area contributed by atoms with Crippen LogP contribution in [0.2, 0.25) is 0 Å². The number of nitrogens with zero attached hydrogens (tertiary/aromatic N) is 2. The fourth-order valence-corrected chi connectivity index (χ4v) is 4.66. The van der Waals surface area contributed by atoms with E-state index < -0.39 is 9.84 Å². The van der Waals surface area contributed by atoms with Gasteiger partial charge in [-0.2, -0.15) is 5.10 Å². The Bertz CT molecular complexity index is 721. The molecule has 0 bridgehead atoms. The van der Waals surface area contributed by atoms with Gasteiger partial charge in [-0.05, 0) is 18.9 Å². The smallest absolute Gasteiger partial charge is 0.154 e. The Hall–Kier alpha value is -1.40. The van der Waals surface area contributed by atoms with Gasteiger partial charge in [-0.3, -0.25) is 4.68 Å². The fraction of sp³-hybridized carbons (Fsp3) is 0.500. The standard InChI is InChI=1S/C14H19N3O2S/c1-17-14-7-3-2-6-12(14)13(16-17)10-15-9-11-5-4-8-20(11,18)19/h2-3,6-7,11,15H,4-5,8-10H2,1H3. The zero-order chi connectivity index (χ0) is 14.2. The minimum Gasteiger partial charge on any atom is -0.310 e. The molecule has 3 rings (SSSR count). The first kappa shape index (κ1) is 13.6. The third-order valence-electron chi connectivity index (χ3n) is 3.96. The lowest BCUT2D eigenvalue weighted by Crippen LogP contribution is -2.30. The highest BCUT2D eigenvalue weighted by Crippen LogP contribution is 2.20. The monoisotopic (exact) mass is 293 g/mol.